The van der Waals surface area contributed by atoms with Crippen molar-refractivity contribution in [3.05, 3.63) is 41.9 Å². The van der Waals surface area contributed by atoms with E-state index in [1.165, 1.54) is 18.7 Å². The van der Waals surface area contributed by atoms with E-state index in [2.05, 4.69) is 19.9 Å². The van der Waals surface area contributed by atoms with Crippen molar-refractivity contribution in [2.75, 3.05) is 12.3 Å². The average molecular weight is 298 g/mol. The van der Waals surface area contributed by atoms with E-state index in [0.717, 1.165) is 18.5 Å². The lowest BCUT2D eigenvalue weighted by Gasteiger charge is -2.34. The van der Waals surface area contributed by atoms with Crippen molar-refractivity contribution >= 4 is 11.7 Å². The highest BCUT2D eigenvalue weighted by Gasteiger charge is 2.44. The molecule has 7 nitrogen and oxygen atoms in total. The van der Waals surface area contributed by atoms with Gasteiger partial charge in [-0.2, -0.15) is 0 Å². The van der Waals surface area contributed by atoms with Crippen molar-refractivity contribution in [1.29, 1.82) is 0 Å². The van der Waals surface area contributed by atoms with Gasteiger partial charge in [-0.05, 0) is 26.7 Å². The molecule has 7 heteroatoms. The summed E-state index contributed by atoms with van der Waals surface area (Å²) in [5.41, 5.74) is 6.55. The van der Waals surface area contributed by atoms with Gasteiger partial charge in [0.25, 0.3) is 5.91 Å². The summed E-state index contributed by atoms with van der Waals surface area (Å²) in [6, 6.07) is 1.72. The summed E-state index contributed by atoms with van der Waals surface area (Å²) in [7, 11) is 0. The van der Waals surface area contributed by atoms with Crippen molar-refractivity contribution in [2.24, 2.45) is 0 Å². The summed E-state index contributed by atoms with van der Waals surface area (Å²) in [4.78, 5) is 31.2. The predicted molar refractivity (Wildman–Crippen MR) is 80.8 cm³/mol. The highest BCUT2D eigenvalue weighted by molar-refractivity contribution is 5.94. The third-order valence-corrected chi connectivity index (χ3v) is 4.05. The maximum atomic E-state index is 12.8. The molecule has 1 aliphatic rings. The molecule has 0 aromatic carbocycles. The number of hydrogen-bond donors (Lipinski definition) is 1. The van der Waals surface area contributed by atoms with Gasteiger partial charge < -0.3 is 10.6 Å². The second-order valence-electron chi connectivity index (χ2n) is 5.72. The number of likely N-dealkylation sites (tertiary alicyclic amines) is 1. The lowest BCUT2D eigenvalue weighted by Crippen LogP contribution is -2.44. The Bertz CT molecular complexity index is 684. The van der Waals surface area contributed by atoms with Gasteiger partial charge in [-0.25, -0.2) is 19.9 Å². The van der Waals surface area contributed by atoms with Crippen LogP contribution in [0.2, 0.25) is 0 Å². The van der Waals surface area contributed by atoms with E-state index in [0.29, 0.717) is 23.8 Å². The number of amides is 1. The SMILES string of the molecule is Cc1cc(N)nc([C@@]2(C)CCCN2C(=O)c2cncnc2)n1. The summed E-state index contributed by atoms with van der Waals surface area (Å²) in [5, 5.41) is 0. The van der Waals surface area contributed by atoms with Crippen LogP contribution in [0.5, 0.6) is 0 Å². The van der Waals surface area contributed by atoms with Crippen molar-refractivity contribution in [3.8, 4) is 0 Å². The summed E-state index contributed by atoms with van der Waals surface area (Å²) in [6.07, 6.45) is 6.16. The molecule has 0 saturated carbocycles. The van der Waals surface area contributed by atoms with Gasteiger partial charge in [0.05, 0.1) is 5.56 Å². The molecular weight excluding hydrogens is 280 g/mol. The number of nitrogens with zero attached hydrogens (tertiary/aromatic N) is 5. The van der Waals surface area contributed by atoms with E-state index in [1.54, 1.807) is 11.0 Å². The third kappa shape index (κ3) is 2.38. The second kappa shape index (κ2) is 5.32. The summed E-state index contributed by atoms with van der Waals surface area (Å²) >= 11 is 0. The molecule has 0 radical (unpaired) electrons. The topological polar surface area (TPSA) is 97.9 Å². The average Bonchev–Trinajstić information content (AvgIpc) is 2.90. The lowest BCUT2D eigenvalue weighted by molar-refractivity contribution is 0.0603. The zero-order valence-electron chi connectivity index (χ0n) is 12.7. The molecule has 0 unspecified atom stereocenters. The van der Waals surface area contributed by atoms with Crippen LogP contribution in [-0.4, -0.2) is 37.3 Å². The number of anilines is 1. The number of hydrogen-bond acceptors (Lipinski definition) is 6. The van der Waals surface area contributed by atoms with Crippen LogP contribution in [0.1, 0.15) is 41.6 Å². The fraction of sp³-hybridized carbons (Fsp3) is 0.400. The number of aromatic nitrogens is 4. The molecule has 2 N–H and O–H groups in total. The maximum Gasteiger partial charge on any atom is 0.257 e. The normalized spacial score (nSPS) is 21.1. The molecule has 1 fully saturated rings. The van der Waals surface area contributed by atoms with Crippen LogP contribution in [-0.2, 0) is 5.54 Å². The van der Waals surface area contributed by atoms with Gasteiger partial charge in [0.1, 0.15) is 17.7 Å². The number of rotatable bonds is 2. The first kappa shape index (κ1) is 14.4. The molecule has 0 aliphatic carbocycles. The highest BCUT2D eigenvalue weighted by Crippen LogP contribution is 2.37. The molecule has 2 aromatic rings. The van der Waals surface area contributed by atoms with E-state index in [9.17, 15) is 4.79 Å². The van der Waals surface area contributed by atoms with Gasteiger partial charge in [-0.3, -0.25) is 4.79 Å². The lowest BCUT2D eigenvalue weighted by atomic mass is 9.97. The predicted octanol–water partition coefficient (Wildman–Crippen LogP) is 1.31. The summed E-state index contributed by atoms with van der Waals surface area (Å²) in [6.45, 7) is 4.51. The second-order valence-corrected chi connectivity index (χ2v) is 5.72. The maximum absolute atomic E-state index is 12.8. The minimum Gasteiger partial charge on any atom is -0.384 e. The highest BCUT2D eigenvalue weighted by atomic mass is 16.2. The molecule has 3 heterocycles. The van der Waals surface area contributed by atoms with Gasteiger partial charge in [0, 0.05) is 30.7 Å². The number of nitrogen functional groups attached to an aromatic ring is 1. The van der Waals surface area contributed by atoms with Crippen LogP contribution in [0, 0.1) is 6.92 Å². The van der Waals surface area contributed by atoms with Crippen LogP contribution in [0.15, 0.2) is 24.8 Å². The number of carbonyl (C=O) groups excluding carboxylic acids is 1. The number of nitrogens with two attached hydrogens (primary N) is 1. The monoisotopic (exact) mass is 298 g/mol. The standard InChI is InChI=1S/C15H18N6O/c1-10-6-12(16)20-14(19-10)15(2)4-3-5-21(15)13(22)11-7-17-9-18-8-11/h6-9H,3-5H2,1-2H3,(H2,16,19,20)/t15-/m1/s1. The zero-order chi connectivity index (χ0) is 15.7. The first-order valence-corrected chi connectivity index (χ1v) is 7.19. The molecule has 114 valence electrons. The smallest absolute Gasteiger partial charge is 0.257 e. The molecule has 0 bridgehead atoms. The van der Waals surface area contributed by atoms with Crippen molar-refractivity contribution in [3.63, 3.8) is 0 Å². The molecule has 22 heavy (non-hydrogen) atoms. The quantitative estimate of drug-likeness (QED) is 0.897. The molecule has 2 aromatic heterocycles. The van der Waals surface area contributed by atoms with Crippen LogP contribution in [0.4, 0.5) is 5.82 Å². The molecule has 1 saturated heterocycles. The molecule has 1 amide bonds. The van der Waals surface area contributed by atoms with Crippen LogP contribution < -0.4 is 5.73 Å². The fourth-order valence-corrected chi connectivity index (χ4v) is 2.92. The van der Waals surface area contributed by atoms with Crippen LogP contribution in [0.25, 0.3) is 0 Å². The van der Waals surface area contributed by atoms with Gasteiger partial charge in [0.2, 0.25) is 0 Å². The largest absolute Gasteiger partial charge is 0.384 e. The van der Waals surface area contributed by atoms with Crippen molar-refractivity contribution in [1.82, 2.24) is 24.8 Å². The number of carbonyl (C=O) groups is 1. The van der Waals surface area contributed by atoms with E-state index in [1.807, 2.05) is 13.8 Å². The Morgan fingerprint density at radius 2 is 2.05 bits per heavy atom. The van der Waals surface area contributed by atoms with Crippen LogP contribution >= 0.6 is 0 Å². The van der Waals surface area contributed by atoms with Gasteiger partial charge >= 0.3 is 0 Å². The van der Waals surface area contributed by atoms with E-state index in [4.69, 9.17) is 5.73 Å². The van der Waals surface area contributed by atoms with Gasteiger partial charge in [-0.15, -0.1) is 0 Å². The number of aryl methyl sites for hydroxylation is 1. The molecule has 1 aliphatic heterocycles. The van der Waals surface area contributed by atoms with E-state index < -0.39 is 5.54 Å². The first-order chi connectivity index (χ1) is 10.5. The summed E-state index contributed by atoms with van der Waals surface area (Å²) < 4.78 is 0. The fourth-order valence-electron chi connectivity index (χ4n) is 2.92. The Hall–Kier alpha value is -2.57. The van der Waals surface area contributed by atoms with Crippen molar-refractivity contribution < 1.29 is 4.79 Å². The Morgan fingerprint density at radius 3 is 2.73 bits per heavy atom. The Morgan fingerprint density at radius 1 is 1.32 bits per heavy atom. The van der Waals surface area contributed by atoms with E-state index >= 15 is 0 Å². The van der Waals surface area contributed by atoms with Crippen LogP contribution in [0.3, 0.4) is 0 Å². The van der Waals surface area contributed by atoms with Gasteiger partial charge in [-0.1, -0.05) is 0 Å². The zero-order valence-corrected chi connectivity index (χ0v) is 12.7. The minimum absolute atomic E-state index is 0.107. The summed E-state index contributed by atoms with van der Waals surface area (Å²) in [5.74, 6) is 0.906. The third-order valence-electron chi connectivity index (χ3n) is 4.05. The molecular formula is C15H18N6O. The molecule has 0 spiro atoms. The van der Waals surface area contributed by atoms with Crippen molar-refractivity contribution in [2.45, 2.75) is 32.2 Å². The Kier molecular flexibility index (Phi) is 3.48. The minimum atomic E-state index is -0.562. The molecule has 3 rings (SSSR count). The Balaban J connectivity index is 2.00. The Labute approximate surface area is 128 Å². The van der Waals surface area contributed by atoms with E-state index in [-0.39, 0.29) is 5.91 Å². The van der Waals surface area contributed by atoms with Gasteiger partial charge in [0.15, 0.2) is 5.82 Å². The molecule has 1 atom stereocenters. The first-order valence-electron chi connectivity index (χ1n) is 7.19.